The first-order valence-electron chi connectivity index (χ1n) is 10.8. The Hall–Kier alpha value is -4.05. The number of rotatable bonds is 5. The highest BCUT2D eigenvalue weighted by Crippen LogP contribution is 2.30. The molecular formula is C24H21N5O4S. The van der Waals surface area contributed by atoms with E-state index in [-0.39, 0.29) is 23.7 Å². The van der Waals surface area contributed by atoms with Crippen LogP contribution in [0.15, 0.2) is 71.1 Å². The van der Waals surface area contributed by atoms with Crippen molar-refractivity contribution in [3.63, 3.8) is 0 Å². The number of nitro groups is 1. The third kappa shape index (κ3) is 4.15. The molecule has 5 rings (SSSR count). The number of aromatic nitrogens is 2. The summed E-state index contributed by atoms with van der Waals surface area (Å²) >= 11 is 1.42. The molecule has 0 radical (unpaired) electrons. The SMILES string of the molecule is O=C(Cn1cnc2scc(-c3ccccc3)c2c1=O)N1CCN(c2ccc([N+](=O)[O-])cc2)CC1. The minimum absolute atomic E-state index is 0.0506. The molecule has 0 saturated carbocycles. The van der Waals surface area contributed by atoms with Gasteiger partial charge in [-0.1, -0.05) is 30.3 Å². The van der Waals surface area contributed by atoms with E-state index in [9.17, 15) is 19.7 Å². The van der Waals surface area contributed by atoms with Gasteiger partial charge in [0.15, 0.2) is 0 Å². The summed E-state index contributed by atoms with van der Waals surface area (Å²) in [4.78, 5) is 45.5. The summed E-state index contributed by atoms with van der Waals surface area (Å²) in [6, 6.07) is 16.1. The first kappa shape index (κ1) is 21.8. The number of fused-ring (bicyclic) bond motifs is 1. The van der Waals surface area contributed by atoms with Gasteiger partial charge in [0.05, 0.1) is 16.6 Å². The molecule has 1 amide bonds. The van der Waals surface area contributed by atoms with E-state index in [0.29, 0.717) is 36.4 Å². The predicted octanol–water partition coefficient (Wildman–Crippen LogP) is 3.38. The highest BCUT2D eigenvalue weighted by molar-refractivity contribution is 7.17. The fourth-order valence-corrected chi connectivity index (χ4v) is 5.06. The molecule has 0 aliphatic carbocycles. The monoisotopic (exact) mass is 475 g/mol. The second-order valence-corrected chi connectivity index (χ2v) is 8.87. The molecule has 0 atom stereocenters. The Labute approximate surface area is 198 Å². The smallest absolute Gasteiger partial charge is 0.269 e. The number of benzene rings is 2. The second-order valence-electron chi connectivity index (χ2n) is 8.01. The highest BCUT2D eigenvalue weighted by atomic mass is 32.1. The molecule has 0 spiro atoms. The molecule has 0 unspecified atom stereocenters. The first-order chi connectivity index (χ1) is 16.5. The van der Waals surface area contributed by atoms with Gasteiger partial charge >= 0.3 is 0 Å². The minimum atomic E-state index is -0.423. The van der Waals surface area contributed by atoms with Crippen LogP contribution in [0.25, 0.3) is 21.3 Å². The lowest BCUT2D eigenvalue weighted by molar-refractivity contribution is -0.384. The number of carbonyl (C=O) groups is 1. The quantitative estimate of drug-likeness (QED) is 0.324. The molecule has 0 N–H and O–H groups in total. The van der Waals surface area contributed by atoms with Crippen LogP contribution < -0.4 is 10.5 Å². The normalized spacial score (nSPS) is 13.9. The van der Waals surface area contributed by atoms with Crippen molar-refractivity contribution >= 4 is 38.8 Å². The lowest BCUT2D eigenvalue weighted by Crippen LogP contribution is -2.50. The van der Waals surface area contributed by atoms with E-state index in [2.05, 4.69) is 9.88 Å². The largest absolute Gasteiger partial charge is 0.368 e. The zero-order valence-corrected chi connectivity index (χ0v) is 19.0. The van der Waals surface area contributed by atoms with Crippen molar-refractivity contribution < 1.29 is 9.72 Å². The van der Waals surface area contributed by atoms with Gasteiger partial charge in [0.2, 0.25) is 5.91 Å². The van der Waals surface area contributed by atoms with Gasteiger partial charge in [-0.2, -0.15) is 0 Å². The maximum atomic E-state index is 13.2. The third-order valence-corrected chi connectivity index (χ3v) is 6.90. The van der Waals surface area contributed by atoms with E-state index in [1.165, 1.54) is 34.4 Å². The maximum Gasteiger partial charge on any atom is 0.269 e. The third-order valence-electron chi connectivity index (χ3n) is 6.01. The van der Waals surface area contributed by atoms with E-state index in [1.54, 1.807) is 17.0 Å². The summed E-state index contributed by atoms with van der Waals surface area (Å²) in [6.45, 7) is 2.17. The lowest BCUT2D eigenvalue weighted by atomic mass is 10.1. The molecule has 172 valence electrons. The predicted molar refractivity (Wildman–Crippen MR) is 131 cm³/mol. The van der Waals surface area contributed by atoms with Crippen LogP contribution >= 0.6 is 11.3 Å². The molecule has 1 fully saturated rings. The Morgan fingerprint density at radius 2 is 1.74 bits per heavy atom. The van der Waals surface area contributed by atoms with Crippen molar-refractivity contribution in [3.05, 3.63) is 86.8 Å². The fourth-order valence-electron chi connectivity index (χ4n) is 4.16. The van der Waals surface area contributed by atoms with Crippen LogP contribution in [0, 0.1) is 10.1 Å². The summed E-state index contributed by atoms with van der Waals surface area (Å²) in [6.07, 6.45) is 1.45. The van der Waals surface area contributed by atoms with Gasteiger partial charge in [-0.15, -0.1) is 11.3 Å². The van der Waals surface area contributed by atoms with Crippen LogP contribution in [0.5, 0.6) is 0 Å². The molecule has 34 heavy (non-hydrogen) atoms. The molecule has 3 heterocycles. The van der Waals surface area contributed by atoms with Crippen LogP contribution in [-0.2, 0) is 11.3 Å². The molecule has 9 nitrogen and oxygen atoms in total. The topological polar surface area (TPSA) is 102 Å². The summed E-state index contributed by atoms with van der Waals surface area (Å²) in [7, 11) is 0. The number of anilines is 1. The van der Waals surface area contributed by atoms with Crippen molar-refractivity contribution in [2.75, 3.05) is 31.1 Å². The van der Waals surface area contributed by atoms with Crippen molar-refractivity contribution in [1.82, 2.24) is 14.5 Å². The number of piperazine rings is 1. The van der Waals surface area contributed by atoms with Crippen LogP contribution in [0.1, 0.15) is 0 Å². The Kier molecular flexibility index (Phi) is 5.81. The van der Waals surface area contributed by atoms with Crippen LogP contribution in [-0.4, -0.2) is 51.5 Å². The molecular weight excluding hydrogens is 454 g/mol. The molecule has 0 bridgehead atoms. The average molecular weight is 476 g/mol. The zero-order chi connectivity index (χ0) is 23.7. The van der Waals surface area contributed by atoms with E-state index in [4.69, 9.17) is 0 Å². The van der Waals surface area contributed by atoms with Gasteiger partial charge in [-0.05, 0) is 17.7 Å². The van der Waals surface area contributed by atoms with Crippen molar-refractivity contribution in [2.45, 2.75) is 6.54 Å². The fraction of sp³-hybridized carbons (Fsp3) is 0.208. The Morgan fingerprint density at radius 3 is 2.41 bits per heavy atom. The number of thiophene rings is 1. The van der Waals surface area contributed by atoms with Gasteiger partial charge in [-0.3, -0.25) is 24.3 Å². The van der Waals surface area contributed by atoms with Gasteiger partial charge in [-0.25, -0.2) is 4.98 Å². The average Bonchev–Trinajstić information content (AvgIpc) is 3.31. The highest BCUT2D eigenvalue weighted by Gasteiger charge is 2.23. The van der Waals surface area contributed by atoms with Gasteiger partial charge in [0, 0.05) is 54.9 Å². The number of nitro benzene ring substituents is 1. The second kappa shape index (κ2) is 9.06. The molecule has 2 aromatic heterocycles. The lowest BCUT2D eigenvalue weighted by Gasteiger charge is -2.36. The Bertz CT molecular complexity index is 1410. The summed E-state index contributed by atoms with van der Waals surface area (Å²) in [5.41, 5.74) is 2.49. The minimum Gasteiger partial charge on any atom is -0.368 e. The maximum absolute atomic E-state index is 13.2. The van der Waals surface area contributed by atoms with Crippen molar-refractivity contribution in [3.8, 4) is 11.1 Å². The number of non-ortho nitro benzene ring substituents is 1. The van der Waals surface area contributed by atoms with E-state index >= 15 is 0 Å². The Morgan fingerprint density at radius 1 is 1.03 bits per heavy atom. The molecule has 4 aromatic rings. The van der Waals surface area contributed by atoms with Crippen molar-refractivity contribution in [1.29, 1.82) is 0 Å². The van der Waals surface area contributed by atoms with Gasteiger partial charge < -0.3 is 9.80 Å². The van der Waals surface area contributed by atoms with Crippen LogP contribution in [0.2, 0.25) is 0 Å². The number of hydrogen-bond acceptors (Lipinski definition) is 7. The Balaban J connectivity index is 1.29. The first-order valence-corrected chi connectivity index (χ1v) is 11.7. The van der Waals surface area contributed by atoms with Gasteiger partial charge in [0.1, 0.15) is 11.4 Å². The molecule has 1 aliphatic rings. The summed E-state index contributed by atoms with van der Waals surface area (Å²) < 4.78 is 1.38. The summed E-state index contributed by atoms with van der Waals surface area (Å²) in [5.74, 6) is -0.136. The molecule has 10 heteroatoms. The standard InChI is InChI=1S/C24H21N5O4S/c30-21(27-12-10-26(11-13-27)18-6-8-19(9-7-18)29(32)33)14-28-16-25-23-22(24(28)31)20(15-34-23)17-4-2-1-3-5-17/h1-9,15-16H,10-14H2. The zero-order valence-electron chi connectivity index (χ0n) is 18.2. The summed E-state index contributed by atoms with van der Waals surface area (Å²) in [5, 5.41) is 13.3. The number of nitrogens with zero attached hydrogens (tertiary/aromatic N) is 5. The number of amides is 1. The molecule has 1 saturated heterocycles. The molecule has 2 aromatic carbocycles. The van der Waals surface area contributed by atoms with E-state index < -0.39 is 4.92 Å². The van der Waals surface area contributed by atoms with Gasteiger partial charge in [0.25, 0.3) is 11.2 Å². The number of carbonyl (C=O) groups excluding carboxylic acids is 1. The number of hydrogen-bond donors (Lipinski definition) is 0. The van der Waals surface area contributed by atoms with E-state index in [0.717, 1.165) is 16.8 Å². The van der Waals surface area contributed by atoms with E-state index in [1.807, 2.05) is 35.7 Å². The van der Waals surface area contributed by atoms with Crippen LogP contribution in [0.3, 0.4) is 0 Å². The van der Waals surface area contributed by atoms with Crippen LogP contribution in [0.4, 0.5) is 11.4 Å². The molecule has 1 aliphatic heterocycles. The van der Waals surface area contributed by atoms with Crippen molar-refractivity contribution in [2.24, 2.45) is 0 Å².